The first kappa shape index (κ1) is 11.0. The van der Waals surface area contributed by atoms with Crippen LogP contribution in [0.2, 0.25) is 0 Å². The van der Waals surface area contributed by atoms with Crippen LogP contribution in [0.25, 0.3) is 0 Å². The molecule has 1 aromatic carbocycles. The van der Waals surface area contributed by atoms with Gasteiger partial charge in [0.05, 0.1) is 13.4 Å². The molecular weight excluding hydrogens is 220 g/mol. The molecule has 1 aromatic heterocycles. The molecule has 0 saturated heterocycles. The van der Waals surface area contributed by atoms with E-state index in [4.69, 9.17) is 10.5 Å². The molecule has 2 aromatic rings. The number of ether oxygens (including phenoxy) is 1. The molecule has 0 radical (unpaired) electrons. The molecule has 0 unspecified atom stereocenters. The summed E-state index contributed by atoms with van der Waals surface area (Å²) in [4.78, 5) is 18.2. The summed E-state index contributed by atoms with van der Waals surface area (Å²) in [6.07, 6.45) is 1.37. The van der Waals surface area contributed by atoms with Crippen LogP contribution in [0.3, 0.4) is 0 Å². The van der Waals surface area contributed by atoms with E-state index >= 15 is 0 Å². The maximum atomic E-state index is 11.8. The first-order valence-electron chi connectivity index (χ1n) is 4.95. The molecule has 0 atom stereocenters. The fraction of sp³-hybridized carbons (Fsp3) is 0.0909. The van der Waals surface area contributed by atoms with Crippen LogP contribution in [-0.2, 0) is 0 Å². The van der Waals surface area contributed by atoms with Crippen LogP contribution in [0, 0.1) is 0 Å². The lowest BCUT2D eigenvalue weighted by molar-refractivity contribution is 0.102. The van der Waals surface area contributed by atoms with Crippen LogP contribution in [-0.4, -0.2) is 23.0 Å². The Morgan fingerprint density at radius 2 is 2.12 bits per heavy atom. The monoisotopic (exact) mass is 232 g/mol. The van der Waals surface area contributed by atoms with Crippen molar-refractivity contribution in [2.24, 2.45) is 0 Å². The summed E-state index contributed by atoms with van der Waals surface area (Å²) in [5.74, 6) is 0.574. The molecule has 2 rings (SSSR count). The Labute approximate surface area is 97.8 Å². The molecule has 1 amide bonds. The largest absolute Gasteiger partial charge is 0.497 e. The number of hydrogen-bond acceptors (Lipinski definition) is 4. The van der Waals surface area contributed by atoms with Crippen LogP contribution in [0.4, 0.5) is 11.5 Å². The van der Waals surface area contributed by atoms with Crippen molar-refractivity contribution in [2.45, 2.75) is 0 Å². The number of methoxy groups -OCH3 is 1. The van der Waals surface area contributed by atoms with Crippen molar-refractivity contribution in [3.05, 3.63) is 36.3 Å². The Morgan fingerprint density at radius 1 is 1.41 bits per heavy atom. The molecule has 0 aliphatic heterocycles. The van der Waals surface area contributed by atoms with E-state index in [0.29, 0.717) is 5.69 Å². The number of carbonyl (C=O) groups is 1. The number of imidazole rings is 1. The third kappa shape index (κ3) is 2.36. The molecule has 6 heteroatoms. The number of nitrogens with one attached hydrogen (secondary N) is 2. The molecule has 0 aliphatic rings. The van der Waals surface area contributed by atoms with Gasteiger partial charge in [-0.15, -0.1) is 0 Å². The summed E-state index contributed by atoms with van der Waals surface area (Å²) < 4.78 is 5.02. The van der Waals surface area contributed by atoms with Gasteiger partial charge in [-0.05, 0) is 24.3 Å². The van der Waals surface area contributed by atoms with Gasteiger partial charge in [0.25, 0.3) is 5.91 Å². The Bertz CT molecular complexity index is 519. The Morgan fingerprint density at radius 3 is 2.65 bits per heavy atom. The number of nitrogens with two attached hydrogens (primary N) is 1. The molecule has 17 heavy (non-hydrogen) atoms. The second-order valence-electron chi connectivity index (χ2n) is 3.35. The number of H-pyrrole nitrogens is 1. The average Bonchev–Trinajstić information content (AvgIpc) is 2.76. The van der Waals surface area contributed by atoms with Gasteiger partial charge in [-0.25, -0.2) is 4.98 Å². The molecule has 4 N–H and O–H groups in total. The molecule has 0 aliphatic carbocycles. The summed E-state index contributed by atoms with van der Waals surface area (Å²) in [7, 11) is 1.58. The molecule has 0 bridgehead atoms. The molecule has 0 spiro atoms. The van der Waals surface area contributed by atoms with Gasteiger partial charge in [0.1, 0.15) is 11.4 Å². The highest BCUT2D eigenvalue weighted by atomic mass is 16.5. The number of hydrogen-bond donors (Lipinski definition) is 3. The minimum atomic E-state index is -0.329. The van der Waals surface area contributed by atoms with Crippen LogP contribution >= 0.6 is 0 Å². The minimum Gasteiger partial charge on any atom is -0.497 e. The van der Waals surface area contributed by atoms with Gasteiger partial charge in [-0.2, -0.15) is 0 Å². The topological polar surface area (TPSA) is 93.0 Å². The third-order valence-corrected chi connectivity index (χ3v) is 2.24. The van der Waals surface area contributed by atoms with Gasteiger partial charge in [0.2, 0.25) is 0 Å². The average molecular weight is 232 g/mol. The number of carbonyl (C=O) groups excluding carboxylic acids is 1. The van der Waals surface area contributed by atoms with Crippen molar-refractivity contribution < 1.29 is 9.53 Å². The third-order valence-electron chi connectivity index (χ3n) is 2.24. The van der Waals surface area contributed by atoms with E-state index in [1.807, 2.05) is 0 Å². The smallest absolute Gasteiger partial charge is 0.275 e. The molecule has 88 valence electrons. The fourth-order valence-electron chi connectivity index (χ4n) is 1.35. The van der Waals surface area contributed by atoms with E-state index in [1.54, 1.807) is 31.4 Å². The molecule has 6 nitrogen and oxygen atoms in total. The number of aromatic nitrogens is 2. The van der Waals surface area contributed by atoms with E-state index < -0.39 is 0 Å². The van der Waals surface area contributed by atoms with Crippen LogP contribution in [0.1, 0.15) is 10.5 Å². The summed E-state index contributed by atoms with van der Waals surface area (Å²) >= 11 is 0. The first-order valence-corrected chi connectivity index (χ1v) is 4.95. The highest BCUT2D eigenvalue weighted by Crippen LogP contribution is 2.16. The minimum absolute atomic E-state index is 0.177. The van der Waals surface area contributed by atoms with Gasteiger partial charge >= 0.3 is 0 Å². The summed E-state index contributed by atoms with van der Waals surface area (Å²) in [5, 5.41) is 2.69. The lowest BCUT2D eigenvalue weighted by atomic mass is 10.3. The maximum Gasteiger partial charge on any atom is 0.275 e. The Balaban J connectivity index is 2.10. The predicted molar refractivity (Wildman–Crippen MR) is 63.9 cm³/mol. The lowest BCUT2D eigenvalue weighted by Crippen LogP contribution is -2.14. The second-order valence-corrected chi connectivity index (χ2v) is 3.35. The first-order chi connectivity index (χ1) is 8.20. The van der Waals surface area contributed by atoms with Crippen molar-refractivity contribution in [3.8, 4) is 5.75 Å². The molecule has 0 fully saturated rings. The molecular formula is C11H12N4O2. The Hall–Kier alpha value is -2.50. The van der Waals surface area contributed by atoms with E-state index in [1.165, 1.54) is 6.33 Å². The van der Waals surface area contributed by atoms with Crippen molar-refractivity contribution in [3.63, 3.8) is 0 Å². The SMILES string of the molecule is COc1ccc(NC(=O)c2[nH]cnc2N)cc1. The second kappa shape index (κ2) is 4.56. The highest BCUT2D eigenvalue weighted by molar-refractivity contribution is 6.05. The number of benzene rings is 1. The zero-order chi connectivity index (χ0) is 12.3. The molecule has 0 saturated carbocycles. The van der Waals surface area contributed by atoms with Gasteiger partial charge in [-0.1, -0.05) is 0 Å². The van der Waals surface area contributed by atoms with E-state index in [0.717, 1.165) is 5.75 Å². The summed E-state index contributed by atoms with van der Waals surface area (Å²) in [6, 6.07) is 6.99. The van der Waals surface area contributed by atoms with Gasteiger partial charge in [-0.3, -0.25) is 4.79 Å². The molecule has 1 heterocycles. The standard InChI is InChI=1S/C11H12N4O2/c1-17-8-4-2-7(3-5-8)15-11(16)9-10(12)14-6-13-9/h2-6H,12H2,1H3,(H,13,14)(H,15,16). The van der Waals surface area contributed by atoms with E-state index in [-0.39, 0.29) is 17.4 Å². The van der Waals surface area contributed by atoms with E-state index in [9.17, 15) is 4.79 Å². The zero-order valence-corrected chi connectivity index (χ0v) is 9.23. The van der Waals surface area contributed by atoms with Crippen molar-refractivity contribution in [2.75, 3.05) is 18.2 Å². The number of amides is 1. The summed E-state index contributed by atoms with van der Waals surface area (Å²) in [5.41, 5.74) is 6.43. The number of nitrogen functional groups attached to an aromatic ring is 1. The van der Waals surface area contributed by atoms with Crippen LogP contribution in [0.5, 0.6) is 5.75 Å². The normalized spacial score (nSPS) is 9.94. The van der Waals surface area contributed by atoms with Crippen molar-refractivity contribution >= 4 is 17.4 Å². The zero-order valence-electron chi connectivity index (χ0n) is 9.23. The van der Waals surface area contributed by atoms with E-state index in [2.05, 4.69) is 15.3 Å². The van der Waals surface area contributed by atoms with Gasteiger partial charge < -0.3 is 20.8 Å². The lowest BCUT2D eigenvalue weighted by Gasteiger charge is -2.05. The highest BCUT2D eigenvalue weighted by Gasteiger charge is 2.11. The quantitative estimate of drug-likeness (QED) is 0.742. The van der Waals surface area contributed by atoms with Crippen LogP contribution in [0.15, 0.2) is 30.6 Å². The number of nitrogens with zero attached hydrogens (tertiary/aromatic N) is 1. The fourth-order valence-corrected chi connectivity index (χ4v) is 1.35. The number of rotatable bonds is 3. The van der Waals surface area contributed by atoms with Gasteiger partial charge in [0.15, 0.2) is 5.82 Å². The van der Waals surface area contributed by atoms with Crippen molar-refractivity contribution in [1.82, 2.24) is 9.97 Å². The summed E-state index contributed by atoms with van der Waals surface area (Å²) in [6.45, 7) is 0. The van der Waals surface area contributed by atoms with Gasteiger partial charge in [0, 0.05) is 5.69 Å². The number of aromatic amines is 1. The van der Waals surface area contributed by atoms with Crippen LogP contribution < -0.4 is 15.8 Å². The Kier molecular flexibility index (Phi) is 2.95. The van der Waals surface area contributed by atoms with Crippen molar-refractivity contribution in [1.29, 1.82) is 0 Å². The number of anilines is 2. The predicted octanol–water partition coefficient (Wildman–Crippen LogP) is 1.25. The maximum absolute atomic E-state index is 11.8.